The first kappa shape index (κ1) is 27.8. The molecule has 0 amide bonds. The van der Waals surface area contributed by atoms with Crippen molar-refractivity contribution in [2.45, 2.75) is 70.8 Å². The highest BCUT2D eigenvalue weighted by molar-refractivity contribution is 5.95. The summed E-state index contributed by atoms with van der Waals surface area (Å²) in [6, 6.07) is 27.1. The molecule has 1 aliphatic carbocycles. The molecular weight excluding hydrogens is 520 g/mol. The maximum absolute atomic E-state index is 2.48. The van der Waals surface area contributed by atoms with E-state index >= 15 is 0 Å². The Morgan fingerprint density at radius 1 is 0.721 bits per heavy atom. The van der Waals surface area contributed by atoms with E-state index in [0.29, 0.717) is 6.04 Å². The fourth-order valence-electron chi connectivity index (χ4n) is 8.43. The number of hydrogen-bond acceptors (Lipinski definition) is 2. The SMILES string of the molecule is CC1=C(/C=C/C2N(C)c3ccc4ccccc4c3C2(C)C)CCC/C1=C\C=C1\N(C)c2ccc3ccccc3c2C1(C)C. The van der Waals surface area contributed by atoms with E-state index in [-0.39, 0.29) is 10.8 Å². The number of benzene rings is 4. The van der Waals surface area contributed by atoms with E-state index in [0.717, 1.165) is 12.8 Å². The van der Waals surface area contributed by atoms with Crippen LogP contribution in [0.1, 0.15) is 65.0 Å². The second-order valence-corrected chi connectivity index (χ2v) is 13.9. The van der Waals surface area contributed by atoms with Crippen molar-refractivity contribution < 1.29 is 0 Å². The highest BCUT2D eigenvalue weighted by Crippen LogP contribution is 2.51. The standard InChI is InChI=1S/C41H44N2/c1-27-28(21-25-36-40(2,3)38-32-17-10-8-13-30(32)19-23-34(38)42(36)6)15-12-16-29(27)22-26-37-41(4,5)39-33-18-11-9-14-31(33)20-24-35(39)43(37)7/h8-11,13-14,17-26,36H,12,15-16H2,1-7H3/b25-21+,29-22+,37-26+. The molecule has 0 fully saturated rings. The summed E-state index contributed by atoms with van der Waals surface area (Å²) in [6.45, 7) is 11.9. The molecule has 2 heterocycles. The van der Waals surface area contributed by atoms with Gasteiger partial charge in [-0.25, -0.2) is 0 Å². The summed E-state index contributed by atoms with van der Waals surface area (Å²) < 4.78 is 0. The first-order valence-electron chi connectivity index (χ1n) is 15.9. The Morgan fingerprint density at radius 2 is 1.35 bits per heavy atom. The molecule has 2 nitrogen and oxygen atoms in total. The van der Waals surface area contributed by atoms with Gasteiger partial charge in [0.2, 0.25) is 0 Å². The molecule has 43 heavy (non-hydrogen) atoms. The molecule has 1 unspecified atom stereocenters. The van der Waals surface area contributed by atoms with Gasteiger partial charge in [-0.2, -0.15) is 0 Å². The van der Waals surface area contributed by atoms with Gasteiger partial charge in [0.25, 0.3) is 0 Å². The molecule has 4 aromatic carbocycles. The van der Waals surface area contributed by atoms with Gasteiger partial charge in [0.05, 0.1) is 6.04 Å². The van der Waals surface area contributed by atoms with E-state index in [1.54, 1.807) is 0 Å². The molecule has 0 spiro atoms. The average Bonchev–Trinajstić information content (AvgIpc) is 3.33. The van der Waals surface area contributed by atoms with Gasteiger partial charge in [-0.1, -0.05) is 107 Å². The normalized spacial score (nSPS) is 22.9. The second kappa shape index (κ2) is 10.0. The van der Waals surface area contributed by atoms with Gasteiger partial charge < -0.3 is 9.80 Å². The van der Waals surface area contributed by atoms with Gasteiger partial charge in [0.1, 0.15) is 0 Å². The van der Waals surface area contributed by atoms with Gasteiger partial charge in [0.15, 0.2) is 0 Å². The molecule has 0 bridgehead atoms. The zero-order chi connectivity index (χ0) is 30.1. The van der Waals surface area contributed by atoms with Crippen LogP contribution in [0.3, 0.4) is 0 Å². The number of nitrogens with zero attached hydrogens (tertiary/aromatic N) is 2. The zero-order valence-corrected chi connectivity index (χ0v) is 26.8. The smallest absolute Gasteiger partial charge is 0.0565 e. The molecule has 0 aromatic heterocycles. The van der Waals surface area contributed by atoms with E-state index in [4.69, 9.17) is 0 Å². The molecule has 3 aliphatic rings. The lowest BCUT2D eigenvalue weighted by Crippen LogP contribution is -2.37. The number of hydrogen-bond donors (Lipinski definition) is 0. The number of rotatable bonds is 3. The van der Waals surface area contributed by atoms with Gasteiger partial charge in [-0.05, 0) is 93.8 Å². The Balaban J connectivity index is 1.20. The van der Waals surface area contributed by atoms with Crippen molar-refractivity contribution in [2.75, 3.05) is 23.9 Å². The van der Waals surface area contributed by atoms with Crippen LogP contribution in [0.15, 0.2) is 120 Å². The summed E-state index contributed by atoms with van der Waals surface area (Å²) in [5, 5.41) is 5.39. The lowest BCUT2D eigenvalue weighted by molar-refractivity contribution is 0.490. The number of allylic oxidation sites excluding steroid dienone is 7. The molecule has 218 valence electrons. The molecule has 7 rings (SSSR count). The highest BCUT2D eigenvalue weighted by atomic mass is 15.2. The molecule has 0 saturated heterocycles. The lowest BCUT2D eigenvalue weighted by Gasteiger charge is -2.30. The van der Waals surface area contributed by atoms with Crippen LogP contribution in [0.5, 0.6) is 0 Å². The third-order valence-corrected chi connectivity index (χ3v) is 10.8. The van der Waals surface area contributed by atoms with Crippen LogP contribution in [0.2, 0.25) is 0 Å². The predicted molar refractivity (Wildman–Crippen MR) is 186 cm³/mol. The van der Waals surface area contributed by atoms with Gasteiger partial charge in [-0.3, -0.25) is 0 Å². The molecule has 4 aromatic rings. The molecule has 1 atom stereocenters. The van der Waals surface area contributed by atoms with E-state index in [1.165, 1.54) is 72.9 Å². The molecule has 2 heteroatoms. The topological polar surface area (TPSA) is 6.48 Å². The predicted octanol–water partition coefficient (Wildman–Crippen LogP) is 10.4. The molecule has 2 aliphatic heterocycles. The summed E-state index contributed by atoms with van der Waals surface area (Å²) in [5.74, 6) is 0. The third-order valence-electron chi connectivity index (χ3n) is 10.8. The lowest BCUT2D eigenvalue weighted by atomic mass is 9.77. The third kappa shape index (κ3) is 4.21. The van der Waals surface area contributed by atoms with Crippen LogP contribution in [-0.2, 0) is 10.8 Å². The molecule has 0 saturated carbocycles. The maximum Gasteiger partial charge on any atom is 0.0565 e. The van der Waals surface area contributed by atoms with Gasteiger partial charge in [-0.15, -0.1) is 0 Å². The van der Waals surface area contributed by atoms with Crippen LogP contribution in [0.4, 0.5) is 11.4 Å². The Bertz CT molecular complexity index is 1890. The molecule has 0 radical (unpaired) electrons. The van der Waals surface area contributed by atoms with Crippen LogP contribution in [0, 0.1) is 0 Å². The Labute approximate surface area is 257 Å². The van der Waals surface area contributed by atoms with E-state index in [2.05, 4.69) is 156 Å². The van der Waals surface area contributed by atoms with E-state index in [9.17, 15) is 0 Å². The van der Waals surface area contributed by atoms with Crippen LogP contribution in [-0.4, -0.2) is 20.1 Å². The quantitative estimate of drug-likeness (QED) is 0.244. The van der Waals surface area contributed by atoms with Crippen molar-refractivity contribution in [3.63, 3.8) is 0 Å². The first-order chi connectivity index (χ1) is 20.6. The summed E-state index contributed by atoms with van der Waals surface area (Å²) in [6.07, 6.45) is 13.2. The second-order valence-electron chi connectivity index (χ2n) is 13.9. The van der Waals surface area contributed by atoms with Crippen molar-refractivity contribution in [3.05, 3.63) is 131 Å². The van der Waals surface area contributed by atoms with Crippen LogP contribution >= 0.6 is 0 Å². The van der Waals surface area contributed by atoms with E-state index in [1.807, 2.05) is 0 Å². The summed E-state index contributed by atoms with van der Waals surface area (Å²) >= 11 is 0. The van der Waals surface area contributed by atoms with Crippen LogP contribution < -0.4 is 9.80 Å². The Hall–Kier alpha value is -4.04. The Morgan fingerprint density at radius 3 is 2.05 bits per heavy atom. The van der Waals surface area contributed by atoms with Crippen molar-refractivity contribution in [2.24, 2.45) is 0 Å². The highest BCUT2D eigenvalue weighted by Gasteiger charge is 2.43. The van der Waals surface area contributed by atoms with Gasteiger partial charge >= 0.3 is 0 Å². The maximum atomic E-state index is 2.48. The van der Waals surface area contributed by atoms with E-state index < -0.39 is 0 Å². The zero-order valence-electron chi connectivity index (χ0n) is 26.8. The number of fused-ring (bicyclic) bond motifs is 6. The van der Waals surface area contributed by atoms with Crippen molar-refractivity contribution in [1.29, 1.82) is 0 Å². The summed E-state index contributed by atoms with van der Waals surface area (Å²) in [7, 11) is 4.49. The van der Waals surface area contributed by atoms with Crippen molar-refractivity contribution in [3.8, 4) is 0 Å². The fourth-order valence-corrected chi connectivity index (χ4v) is 8.43. The number of likely N-dealkylation sites (N-methyl/N-ethyl adjacent to an activating group) is 2. The Kier molecular flexibility index (Phi) is 6.47. The first-order valence-corrected chi connectivity index (χ1v) is 15.9. The van der Waals surface area contributed by atoms with Gasteiger partial charge in [0, 0.05) is 42.0 Å². The van der Waals surface area contributed by atoms with Crippen molar-refractivity contribution >= 4 is 32.9 Å². The van der Waals surface area contributed by atoms with Crippen molar-refractivity contribution in [1.82, 2.24) is 0 Å². The molecule has 0 N–H and O–H groups in total. The summed E-state index contributed by atoms with van der Waals surface area (Å²) in [4.78, 5) is 4.89. The average molecular weight is 565 g/mol. The minimum Gasteiger partial charge on any atom is -0.367 e. The number of anilines is 2. The largest absolute Gasteiger partial charge is 0.367 e. The fraction of sp³-hybridized carbons (Fsp3) is 0.317. The molecular formula is C41H44N2. The monoisotopic (exact) mass is 564 g/mol. The summed E-state index contributed by atoms with van der Waals surface area (Å²) in [5.41, 5.74) is 11.3. The minimum atomic E-state index is -0.0607. The van der Waals surface area contributed by atoms with Crippen LogP contribution in [0.25, 0.3) is 21.5 Å². The minimum absolute atomic E-state index is 0.0193.